The number of pyridine rings is 1. The second-order valence-electron chi connectivity index (χ2n) is 9.83. The quantitative estimate of drug-likeness (QED) is 0.335. The van der Waals surface area contributed by atoms with Crippen LogP contribution in [0.25, 0.3) is 21.1 Å². The number of rotatable bonds is 6. The van der Waals surface area contributed by atoms with Crippen LogP contribution in [0.2, 0.25) is 0 Å². The van der Waals surface area contributed by atoms with Gasteiger partial charge in [0.05, 0.1) is 10.4 Å². The Morgan fingerprint density at radius 1 is 1.06 bits per heavy atom. The molecule has 1 aliphatic carbocycles. The Balaban J connectivity index is 1.48. The molecule has 2 aromatic carbocycles. The summed E-state index contributed by atoms with van der Waals surface area (Å²) in [5.74, 6) is 0.108. The van der Waals surface area contributed by atoms with Crippen LogP contribution in [0.5, 0.6) is 0 Å². The standard InChI is InChI=1S/C29H31N3O2S/c1-18(2)20-11-13-24(14-12-20)32(17-26(33)30-23-9-4-5-10-23)29(34)25-16-22-15-21-8-6-7-19(3)27(21)31-28(22)35-25/h6-8,11-16,18,23H,4-5,9-10,17H2,1-3H3,(H,30,33). The lowest BCUT2D eigenvalue weighted by Crippen LogP contribution is -2.43. The van der Waals surface area contributed by atoms with Crippen LogP contribution in [0.15, 0.2) is 54.6 Å². The van der Waals surface area contributed by atoms with Crippen molar-refractivity contribution in [3.05, 3.63) is 70.6 Å². The molecular weight excluding hydrogens is 454 g/mol. The van der Waals surface area contributed by atoms with E-state index in [4.69, 9.17) is 4.98 Å². The van der Waals surface area contributed by atoms with Gasteiger partial charge in [0.1, 0.15) is 11.4 Å². The van der Waals surface area contributed by atoms with Gasteiger partial charge in [-0.3, -0.25) is 14.5 Å². The number of hydrogen-bond acceptors (Lipinski definition) is 4. The van der Waals surface area contributed by atoms with Gasteiger partial charge in [0.25, 0.3) is 5.91 Å². The highest BCUT2D eigenvalue weighted by Gasteiger charge is 2.25. The van der Waals surface area contributed by atoms with Crippen LogP contribution in [0.1, 0.15) is 66.2 Å². The van der Waals surface area contributed by atoms with Crippen molar-refractivity contribution in [1.29, 1.82) is 0 Å². The van der Waals surface area contributed by atoms with Crippen molar-refractivity contribution in [3.8, 4) is 0 Å². The van der Waals surface area contributed by atoms with E-state index in [0.717, 1.165) is 58.1 Å². The second-order valence-corrected chi connectivity index (χ2v) is 10.9. The molecule has 5 nitrogen and oxygen atoms in total. The maximum atomic E-state index is 13.8. The molecule has 2 heterocycles. The Bertz CT molecular complexity index is 1380. The van der Waals surface area contributed by atoms with E-state index in [9.17, 15) is 9.59 Å². The summed E-state index contributed by atoms with van der Waals surface area (Å²) in [6.07, 6.45) is 4.31. The number of hydrogen-bond donors (Lipinski definition) is 1. The van der Waals surface area contributed by atoms with Gasteiger partial charge in [0.2, 0.25) is 5.91 Å². The zero-order valence-corrected chi connectivity index (χ0v) is 21.3. The van der Waals surface area contributed by atoms with E-state index in [-0.39, 0.29) is 24.4 Å². The predicted molar refractivity (Wildman–Crippen MR) is 144 cm³/mol. The van der Waals surface area contributed by atoms with E-state index >= 15 is 0 Å². The molecule has 0 radical (unpaired) electrons. The molecule has 1 saturated carbocycles. The lowest BCUT2D eigenvalue weighted by atomic mass is 10.0. The average molecular weight is 486 g/mol. The van der Waals surface area contributed by atoms with Crippen molar-refractivity contribution < 1.29 is 9.59 Å². The molecule has 35 heavy (non-hydrogen) atoms. The van der Waals surface area contributed by atoms with Gasteiger partial charge in [0, 0.05) is 22.5 Å². The van der Waals surface area contributed by atoms with Gasteiger partial charge in [-0.25, -0.2) is 4.98 Å². The summed E-state index contributed by atoms with van der Waals surface area (Å²) in [4.78, 5) is 34.6. The van der Waals surface area contributed by atoms with Crippen molar-refractivity contribution >= 4 is 50.0 Å². The van der Waals surface area contributed by atoms with Gasteiger partial charge < -0.3 is 5.32 Å². The highest BCUT2D eigenvalue weighted by atomic mass is 32.1. The summed E-state index contributed by atoms with van der Waals surface area (Å²) in [6, 6.07) is 18.3. The summed E-state index contributed by atoms with van der Waals surface area (Å²) in [6.45, 7) is 6.33. The maximum absolute atomic E-state index is 13.8. The summed E-state index contributed by atoms with van der Waals surface area (Å²) >= 11 is 1.39. The molecule has 0 bridgehead atoms. The zero-order chi connectivity index (χ0) is 24.5. The molecule has 0 saturated heterocycles. The van der Waals surface area contributed by atoms with Crippen molar-refractivity contribution in [2.75, 3.05) is 11.4 Å². The number of thiophene rings is 1. The number of carbonyl (C=O) groups excluding carboxylic acids is 2. The fraction of sp³-hybridized carbons (Fsp3) is 0.345. The minimum atomic E-state index is -0.173. The molecule has 2 aromatic heterocycles. The first kappa shape index (κ1) is 23.5. The van der Waals surface area contributed by atoms with Gasteiger partial charge in [-0.1, -0.05) is 57.0 Å². The van der Waals surface area contributed by atoms with Crippen molar-refractivity contribution in [2.45, 2.75) is 58.4 Å². The highest BCUT2D eigenvalue weighted by molar-refractivity contribution is 7.20. The Morgan fingerprint density at radius 3 is 2.51 bits per heavy atom. The molecule has 1 aliphatic rings. The van der Waals surface area contributed by atoms with Crippen molar-refractivity contribution in [3.63, 3.8) is 0 Å². The normalized spacial score (nSPS) is 14.2. The molecule has 0 atom stereocenters. The minimum Gasteiger partial charge on any atom is -0.352 e. The SMILES string of the molecule is Cc1cccc2cc3cc(C(=O)N(CC(=O)NC4CCCC4)c4ccc(C(C)C)cc4)sc3nc12. The number of fused-ring (bicyclic) bond motifs is 2. The summed E-state index contributed by atoms with van der Waals surface area (Å²) in [5.41, 5.74) is 4.00. The third-order valence-corrected chi connectivity index (χ3v) is 7.92. The third-order valence-electron chi connectivity index (χ3n) is 6.88. The molecule has 0 aliphatic heterocycles. The van der Waals surface area contributed by atoms with Crippen molar-refractivity contribution in [2.24, 2.45) is 0 Å². The van der Waals surface area contributed by atoms with Gasteiger partial charge in [0.15, 0.2) is 0 Å². The van der Waals surface area contributed by atoms with Gasteiger partial charge in [-0.05, 0) is 61.1 Å². The number of benzene rings is 2. The average Bonchev–Trinajstić information content (AvgIpc) is 3.51. The topological polar surface area (TPSA) is 62.3 Å². The molecular formula is C29H31N3O2S. The number of aromatic nitrogens is 1. The Morgan fingerprint density at radius 2 is 1.80 bits per heavy atom. The molecule has 0 unspecified atom stereocenters. The van der Waals surface area contributed by atoms with Gasteiger partial charge in [-0.15, -0.1) is 11.3 Å². The third kappa shape index (κ3) is 4.94. The van der Waals surface area contributed by atoms with Gasteiger partial charge in [-0.2, -0.15) is 0 Å². The number of amides is 2. The summed E-state index contributed by atoms with van der Waals surface area (Å²) < 4.78 is 0. The highest BCUT2D eigenvalue weighted by Crippen LogP contribution is 2.31. The molecule has 0 spiro atoms. The largest absolute Gasteiger partial charge is 0.352 e. The first-order valence-corrected chi connectivity index (χ1v) is 13.2. The molecule has 2 amide bonds. The summed E-state index contributed by atoms with van der Waals surface area (Å²) in [5, 5.41) is 5.14. The Kier molecular flexibility index (Phi) is 6.56. The van der Waals surface area contributed by atoms with Crippen LogP contribution in [0.3, 0.4) is 0 Å². The van der Waals surface area contributed by atoms with Crippen LogP contribution >= 0.6 is 11.3 Å². The zero-order valence-electron chi connectivity index (χ0n) is 20.5. The van der Waals surface area contributed by atoms with E-state index in [1.165, 1.54) is 16.9 Å². The maximum Gasteiger partial charge on any atom is 0.268 e. The van der Waals surface area contributed by atoms with E-state index in [2.05, 4.69) is 25.2 Å². The van der Waals surface area contributed by atoms with Crippen LogP contribution in [-0.2, 0) is 4.79 Å². The molecule has 4 aromatic rings. The van der Waals surface area contributed by atoms with Crippen molar-refractivity contribution in [1.82, 2.24) is 10.3 Å². The monoisotopic (exact) mass is 485 g/mol. The first-order valence-electron chi connectivity index (χ1n) is 12.4. The predicted octanol–water partition coefficient (Wildman–Crippen LogP) is 6.59. The molecule has 6 heteroatoms. The minimum absolute atomic E-state index is 0.000877. The van der Waals surface area contributed by atoms with Crippen LogP contribution in [0, 0.1) is 6.92 Å². The molecule has 1 fully saturated rings. The number of nitrogens with zero attached hydrogens (tertiary/aromatic N) is 2. The molecule has 1 N–H and O–H groups in total. The number of aryl methyl sites for hydroxylation is 1. The lowest BCUT2D eigenvalue weighted by Gasteiger charge is -2.23. The fourth-order valence-corrected chi connectivity index (χ4v) is 5.82. The first-order chi connectivity index (χ1) is 16.9. The summed E-state index contributed by atoms with van der Waals surface area (Å²) in [7, 11) is 0. The second kappa shape index (κ2) is 9.78. The number of para-hydroxylation sites is 1. The van der Waals surface area contributed by atoms with Crippen LogP contribution < -0.4 is 10.2 Å². The lowest BCUT2D eigenvalue weighted by molar-refractivity contribution is -0.120. The molecule has 5 rings (SSSR count). The van der Waals surface area contributed by atoms with E-state index < -0.39 is 0 Å². The van der Waals surface area contributed by atoms with E-state index in [1.807, 2.05) is 55.5 Å². The molecule has 180 valence electrons. The Labute approximate surface area is 210 Å². The smallest absolute Gasteiger partial charge is 0.268 e. The van der Waals surface area contributed by atoms with Crippen LogP contribution in [0.4, 0.5) is 5.69 Å². The number of nitrogens with one attached hydrogen (secondary N) is 1. The number of carbonyl (C=O) groups is 2. The van der Waals surface area contributed by atoms with E-state index in [0.29, 0.717) is 10.8 Å². The van der Waals surface area contributed by atoms with Gasteiger partial charge >= 0.3 is 0 Å². The number of anilines is 1. The fourth-order valence-electron chi connectivity index (χ4n) is 4.85. The Hall–Kier alpha value is -3.25. The van der Waals surface area contributed by atoms with Crippen LogP contribution in [-0.4, -0.2) is 29.4 Å². The van der Waals surface area contributed by atoms with E-state index in [1.54, 1.807) is 4.90 Å².